The molecule has 0 radical (unpaired) electrons. The Morgan fingerprint density at radius 3 is 1.25 bits per heavy atom. The molecule has 1 aliphatic rings. The summed E-state index contributed by atoms with van der Waals surface area (Å²) in [5.74, 6) is -0.190. The largest absolute Gasteiger partial charge is 0.394 e. The summed E-state index contributed by atoms with van der Waals surface area (Å²) in [6.07, 6.45) is 75.2. The predicted molar refractivity (Wildman–Crippen MR) is 327 cm³/mol. The van der Waals surface area contributed by atoms with Gasteiger partial charge in [-0.3, -0.25) is 4.79 Å². The molecule has 444 valence electrons. The van der Waals surface area contributed by atoms with Crippen LogP contribution in [0.15, 0.2) is 97.2 Å². The average Bonchev–Trinajstić information content (AvgIpc) is 3.43. The van der Waals surface area contributed by atoms with Crippen LogP contribution in [-0.2, 0) is 14.3 Å². The van der Waals surface area contributed by atoms with Crippen molar-refractivity contribution in [2.75, 3.05) is 13.2 Å². The zero-order valence-corrected chi connectivity index (χ0v) is 49.4. The summed E-state index contributed by atoms with van der Waals surface area (Å²) in [7, 11) is 0. The molecule has 7 atom stereocenters. The van der Waals surface area contributed by atoms with Crippen molar-refractivity contribution in [3.8, 4) is 0 Å². The van der Waals surface area contributed by atoms with Crippen LogP contribution in [0.25, 0.3) is 0 Å². The van der Waals surface area contributed by atoms with Gasteiger partial charge < -0.3 is 40.3 Å². The smallest absolute Gasteiger partial charge is 0.220 e. The van der Waals surface area contributed by atoms with E-state index in [1.165, 1.54) is 167 Å². The molecule has 0 aromatic heterocycles. The summed E-state index contributed by atoms with van der Waals surface area (Å²) >= 11 is 0. The van der Waals surface area contributed by atoms with Gasteiger partial charge in [-0.25, -0.2) is 0 Å². The summed E-state index contributed by atoms with van der Waals surface area (Å²) in [6.45, 7) is 3.61. The van der Waals surface area contributed by atoms with E-state index in [4.69, 9.17) is 9.47 Å². The van der Waals surface area contributed by atoms with Crippen molar-refractivity contribution in [3.63, 3.8) is 0 Å². The Morgan fingerprint density at radius 1 is 0.455 bits per heavy atom. The van der Waals surface area contributed by atoms with Crippen LogP contribution in [0.4, 0.5) is 0 Å². The van der Waals surface area contributed by atoms with Crippen LogP contribution in [0, 0.1) is 0 Å². The highest BCUT2D eigenvalue weighted by Crippen LogP contribution is 2.23. The summed E-state index contributed by atoms with van der Waals surface area (Å²) in [6, 6.07) is -0.829. The van der Waals surface area contributed by atoms with E-state index in [-0.39, 0.29) is 12.5 Å². The van der Waals surface area contributed by atoms with Gasteiger partial charge in [0.15, 0.2) is 6.29 Å². The zero-order chi connectivity index (χ0) is 55.8. The second-order valence-corrected chi connectivity index (χ2v) is 21.8. The molecule has 9 heteroatoms. The van der Waals surface area contributed by atoms with E-state index in [1.54, 1.807) is 6.08 Å². The molecule has 7 unspecified atom stereocenters. The Morgan fingerprint density at radius 2 is 0.818 bits per heavy atom. The minimum Gasteiger partial charge on any atom is -0.394 e. The number of aliphatic hydroxyl groups excluding tert-OH is 5. The van der Waals surface area contributed by atoms with E-state index < -0.39 is 49.5 Å². The molecule has 0 aliphatic carbocycles. The molecule has 1 amide bonds. The SMILES string of the molecule is CC/C=C\C/C=C\C/C=C\C/C=C\C/C=C\CCCCCCCCCCCCCCCCCCCCCCCCCCCC(=O)NC(COC1OC(CO)C(O)C(O)C1O)C(O)/C=C/CC/C=C/CC/C=C/CCCCC. The molecule has 0 bridgehead atoms. The van der Waals surface area contributed by atoms with Crippen LogP contribution in [0.1, 0.15) is 271 Å². The van der Waals surface area contributed by atoms with Gasteiger partial charge in [0.05, 0.1) is 25.4 Å². The van der Waals surface area contributed by atoms with Crippen molar-refractivity contribution in [3.05, 3.63) is 97.2 Å². The fourth-order valence-electron chi connectivity index (χ4n) is 9.63. The minimum absolute atomic E-state index is 0.190. The lowest BCUT2D eigenvalue weighted by atomic mass is 9.99. The maximum atomic E-state index is 13.0. The van der Waals surface area contributed by atoms with E-state index in [9.17, 15) is 30.3 Å². The van der Waals surface area contributed by atoms with E-state index in [0.29, 0.717) is 6.42 Å². The molecule has 0 saturated carbocycles. The Hall–Kier alpha value is -2.89. The monoisotopic (exact) mass is 1080 g/mol. The van der Waals surface area contributed by atoms with Crippen molar-refractivity contribution >= 4 is 5.91 Å². The molecule has 1 saturated heterocycles. The molecule has 0 aromatic rings. The molecule has 1 aliphatic heterocycles. The Labute approximate surface area is 473 Å². The second-order valence-electron chi connectivity index (χ2n) is 21.8. The van der Waals surface area contributed by atoms with Gasteiger partial charge >= 0.3 is 0 Å². The van der Waals surface area contributed by atoms with Gasteiger partial charge in [0.1, 0.15) is 24.4 Å². The summed E-state index contributed by atoms with van der Waals surface area (Å²) < 4.78 is 11.2. The first kappa shape index (κ1) is 72.1. The lowest BCUT2D eigenvalue weighted by Crippen LogP contribution is -2.60. The number of carbonyl (C=O) groups is 1. The van der Waals surface area contributed by atoms with Crippen LogP contribution in [-0.4, -0.2) is 87.5 Å². The van der Waals surface area contributed by atoms with Crippen molar-refractivity contribution in [1.82, 2.24) is 5.32 Å². The predicted octanol–water partition coefficient (Wildman–Crippen LogP) is 16.7. The molecule has 77 heavy (non-hydrogen) atoms. The minimum atomic E-state index is -1.58. The van der Waals surface area contributed by atoms with Crippen molar-refractivity contribution in [2.24, 2.45) is 0 Å². The molecule has 6 N–H and O–H groups in total. The quantitative estimate of drug-likeness (QED) is 0.0261. The van der Waals surface area contributed by atoms with Crippen LogP contribution in [0.3, 0.4) is 0 Å². The maximum absolute atomic E-state index is 13.0. The third-order valence-electron chi connectivity index (χ3n) is 14.6. The van der Waals surface area contributed by atoms with Gasteiger partial charge in [-0.1, -0.05) is 272 Å². The molecule has 1 rings (SSSR count). The Balaban J connectivity index is 2.04. The van der Waals surface area contributed by atoms with E-state index >= 15 is 0 Å². The molecule has 0 spiro atoms. The van der Waals surface area contributed by atoms with Crippen molar-refractivity contribution < 1.29 is 39.8 Å². The number of ether oxygens (including phenoxy) is 2. The van der Waals surface area contributed by atoms with Crippen LogP contribution in [0.5, 0.6) is 0 Å². The fourth-order valence-corrected chi connectivity index (χ4v) is 9.63. The Kier molecular flexibility index (Phi) is 52.8. The number of unbranched alkanes of at least 4 members (excludes halogenated alkanes) is 30. The number of aliphatic hydroxyl groups is 5. The first-order valence-corrected chi connectivity index (χ1v) is 32.0. The summed E-state index contributed by atoms with van der Waals surface area (Å²) in [4.78, 5) is 13.0. The van der Waals surface area contributed by atoms with Gasteiger partial charge in [-0.05, 0) is 89.9 Å². The molecule has 9 nitrogen and oxygen atoms in total. The van der Waals surface area contributed by atoms with E-state index in [0.717, 1.165) is 83.5 Å². The second kappa shape index (κ2) is 56.4. The normalized spacial score (nSPS) is 19.4. The van der Waals surface area contributed by atoms with Gasteiger partial charge in [0, 0.05) is 6.42 Å². The van der Waals surface area contributed by atoms with Crippen molar-refractivity contribution in [2.45, 2.75) is 314 Å². The number of amides is 1. The van der Waals surface area contributed by atoms with Crippen LogP contribution < -0.4 is 5.32 Å². The highest BCUT2D eigenvalue weighted by molar-refractivity contribution is 5.76. The van der Waals surface area contributed by atoms with Crippen molar-refractivity contribution in [1.29, 1.82) is 0 Å². The topological polar surface area (TPSA) is 149 Å². The maximum Gasteiger partial charge on any atom is 0.220 e. The highest BCUT2D eigenvalue weighted by Gasteiger charge is 2.44. The summed E-state index contributed by atoms with van der Waals surface area (Å²) in [5, 5.41) is 54.4. The number of hydrogen-bond donors (Lipinski definition) is 6. The number of hydrogen-bond acceptors (Lipinski definition) is 8. The summed E-state index contributed by atoms with van der Waals surface area (Å²) in [5.41, 5.74) is 0. The standard InChI is InChI=1S/C68H119NO8/c1-3-5-7-9-11-13-15-17-18-19-20-21-22-23-24-25-26-27-28-29-30-31-32-33-34-35-36-37-38-39-40-41-42-43-44-46-48-50-52-54-56-58-64(72)69-61(60-76-68-67(75)66(74)65(73)63(59-70)77-68)62(71)57-55-53-51-49-47-45-16-14-12-10-8-6-4-2/h5,7,11-14,17-18,20-21,23-24,47,49,55,57,61-63,65-68,70-71,73-75H,3-4,6,8-10,15-16,19,22,25-46,48,50-54,56,58-60H2,1-2H3,(H,69,72)/b7-5-,13-11-,14-12+,18-17-,21-20-,24-23-,49-47+,57-55+. The first-order valence-electron chi connectivity index (χ1n) is 32.0. The first-order chi connectivity index (χ1) is 37.8. The van der Waals surface area contributed by atoms with Crippen LogP contribution >= 0.6 is 0 Å². The molecule has 1 fully saturated rings. The number of carbonyl (C=O) groups excluding carboxylic acids is 1. The van der Waals surface area contributed by atoms with Gasteiger partial charge in [-0.15, -0.1) is 0 Å². The van der Waals surface area contributed by atoms with Gasteiger partial charge in [-0.2, -0.15) is 0 Å². The lowest BCUT2D eigenvalue weighted by molar-refractivity contribution is -0.302. The molecule has 1 heterocycles. The third kappa shape index (κ3) is 45.5. The van der Waals surface area contributed by atoms with Crippen LogP contribution in [0.2, 0.25) is 0 Å². The third-order valence-corrected chi connectivity index (χ3v) is 14.6. The van der Waals surface area contributed by atoms with E-state index in [2.05, 4.69) is 104 Å². The zero-order valence-electron chi connectivity index (χ0n) is 49.4. The lowest BCUT2D eigenvalue weighted by Gasteiger charge is -2.40. The highest BCUT2D eigenvalue weighted by atomic mass is 16.7. The molecule has 0 aromatic carbocycles. The van der Waals surface area contributed by atoms with E-state index in [1.807, 2.05) is 6.08 Å². The molecular formula is C68H119NO8. The number of rotatable bonds is 54. The fraction of sp³-hybridized carbons (Fsp3) is 0.750. The molecular weight excluding hydrogens is 959 g/mol. The van der Waals surface area contributed by atoms with Gasteiger partial charge in [0.2, 0.25) is 5.91 Å². The number of allylic oxidation sites excluding steroid dienone is 15. The average molecular weight is 1080 g/mol. The Bertz CT molecular complexity index is 1530. The van der Waals surface area contributed by atoms with Gasteiger partial charge in [0.25, 0.3) is 0 Å². The number of nitrogens with one attached hydrogen (secondary N) is 1.